The van der Waals surface area contributed by atoms with Crippen molar-refractivity contribution in [2.45, 2.75) is 37.3 Å². The number of amides is 1. The zero-order valence-corrected chi connectivity index (χ0v) is 22.3. The van der Waals surface area contributed by atoms with Gasteiger partial charge in [0.15, 0.2) is 0 Å². The van der Waals surface area contributed by atoms with E-state index in [4.69, 9.17) is 11.6 Å². The van der Waals surface area contributed by atoms with Crippen LogP contribution in [0, 0.1) is 0 Å². The Morgan fingerprint density at radius 2 is 1.40 bits per heavy atom. The van der Waals surface area contributed by atoms with E-state index in [0.29, 0.717) is 28.6 Å². The van der Waals surface area contributed by atoms with E-state index in [1.54, 1.807) is 24.3 Å². The molecule has 0 fully saturated rings. The minimum Gasteiger partial charge on any atom is -0.406 e. The molecule has 15 heteroatoms. The Bertz CT molecular complexity index is 1580. The van der Waals surface area contributed by atoms with Crippen LogP contribution >= 0.6 is 11.6 Å². The predicted octanol–water partition coefficient (Wildman–Crippen LogP) is 9.20. The average Bonchev–Trinajstić information content (AvgIpc) is 3.24. The fourth-order valence-electron chi connectivity index (χ4n) is 4.41. The first-order valence-corrected chi connectivity index (χ1v) is 12.6. The summed E-state index contributed by atoms with van der Waals surface area (Å²) in [6.45, 7) is -0.574. The minimum absolute atomic E-state index is 0.00955. The SMILES string of the molecule is O=C(N(CCc1cccc(OC(F)(F)F)c1)Cc1ccc(C(F)(C(F)(F)F)C(F)(F)F)cc1)n1c(Cl)cc2ccccc21. The Morgan fingerprint density at radius 1 is 0.767 bits per heavy atom. The molecule has 230 valence electrons. The van der Waals surface area contributed by atoms with Gasteiger partial charge in [-0.1, -0.05) is 66.2 Å². The van der Waals surface area contributed by atoms with E-state index < -0.39 is 48.3 Å². The molecule has 4 nitrogen and oxygen atoms in total. The highest BCUT2D eigenvalue weighted by molar-refractivity contribution is 6.32. The molecule has 4 aromatic rings. The summed E-state index contributed by atoms with van der Waals surface area (Å²) in [5.74, 6) is -0.512. The maximum atomic E-state index is 14.5. The van der Waals surface area contributed by atoms with E-state index in [0.717, 1.165) is 33.7 Å². The predicted molar refractivity (Wildman–Crippen MR) is 136 cm³/mol. The number of ether oxygens (including phenoxy) is 1. The quantitative estimate of drug-likeness (QED) is 0.189. The number of fused-ring (bicyclic) bond motifs is 1. The van der Waals surface area contributed by atoms with Gasteiger partial charge < -0.3 is 9.64 Å². The Morgan fingerprint density at radius 3 is 2.00 bits per heavy atom. The number of hydrogen-bond acceptors (Lipinski definition) is 2. The summed E-state index contributed by atoms with van der Waals surface area (Å²) in [7, 11) is 0. The molecular formula is C28H19ClF10N2O2. The van der Waals surface area contributed by atoms with Crippen LogP contribution in [0.5, 0.6) is 5.75 Å². The average molecular weight is 641 g/mol. The van der Waals surface area contributed by atoms with Gasteiger partial charge in [0, 0.05) is 24.0 Å². The second kappa shape index (κ2) is 11.6. The molecule has 0 aliphatic rings. The van der Waals surface area contributed by atoms with Crippen LogP contribution in [0.15, 0.2) is 78.9 Å². The lowest BCUT2D eigenvalue weighted by Crippen LogP contribution is -2.50. The number of alkyl halides is 10. The van der Waals surface area contributed by atoms with Crippen molar-refractivity contribution in [2.75, 3.05) is 6.54 Å². The van der Waals surface area contributed by atoms with Gasteiger partial charge in [0.2, 0.25) is 0 Å². The monoisotopic (exact) mass is 640 g/mol. The first-order chi connectivity index (χ1) is 19.9. The number of para-hydroxylation sites is 1. The molecule has 1 aromatic heterocycles. The zero-order chi connectivity index (χ0) is 31.8. The fraction of sp³-hybridized carbons (Fsp3) is 0.250. The summed E-state index contributed by atoms with van der Waals surface area (Å²) in [5, 5.41) is 0.574. The van der Waals surface area contributed by atoms with Crippen molar-refractivity contribution in [2.24, 2.45) is 0 Å². The number of hydrogen-bond donors (Lipinski definition) is 0. The lowest BCUT2D eigenvalue weighted by molar-refractivity contribution is -0.348. The molecule has 0 atom stereocenters. The summed E-state index contributed by atoms with van der Waals surface area (Å²) in [6, 6.07) is 14.5. The van der Waals surface area contributed by atoms with Gasteiger partial charge >= 0.3 is 30.4 Å². The molecule has 0 spiro atoms. The van der Waals surface area contributed by atoms with Gasteiger partial charge in [0.05, 0.1) is 5.52 Å². The van der Waals surface area contributed by atoms with E-state index in [2.05, 4.69) is 4.74 Å². The maximum Gasteiger partial charge on any atom is 0.573 e. The van der Waals surface area contributed by atoms with Crippen molar-refractivity contribution in [3.05, 3.63) is 101 Å². The fourth-order valence-corrected chi connectivity index (χ4v) is 4.69. The second-order valence-electron chi connectivity index (χ2n) is 9.36. The number of halogens is 11. The van der Waals surface area contributed by atoms with Crippen LogP contribution in [0.3, 0.4) is 0 Å². The van der Waals surface area contributed by atoms with Crippen molar-refractivity contribution in [1.29, 1.82) is 0 Å². The summed E-state index contributed by atoms with van der Waals surface area (Å²) >= 11 is 6.30. The lowest BCUT2D eigenvalue weighted by atomic mass is 9.93. The van der Waals surface area contributed by atoms with Crippen molar-refractivity contribution >= 4 is 28.5 Å². The van der Waals surface area contributed by atoms with Crippen LogP contribution in [-0.4, -0.2) is 40.8 Å². The number of nitrogens with zero attached hydrogens (tertiary/aromatic N) is 2. The van der Waals surface area contributed by atoms with Gasteiger partial charge in [-0.25, -0.2) is 9.18 Å². The summed E-state index contributed by atoms with van der Waals surface area (Å²) < 4.78 is 136. The number of rotatable bonds is 7. The van der Waals surface area contributed by atoms with E-state index in [9.17, 15) is 48.7 Å². The maximum absolute atomic E-state index is 14.5. The smallest absolute Gasteiger partial charge is 0.406 e. The van der Waals surface area contributed by atoms with Gasteiger partial charge in [-0.3, -0.25) is 4.57 Å². The second-order valence-corrected chi connectivity index (χ2v) is 9.75. The summed E-state index contributed by atoms with van der Waals surface area (Å²) in [4.78, 5) is 14.8. The molecule has 0 saturated heterocycles. The number of benzene rings is 3. The van der Waals surface area contributed by atoms with Crippen molar-refractivity contribution in [3.8, 4) is 5.75 Å². The third-order valence-corrected chi connectivity index (χ3v) is 6.71. The Labute approximate surface area is 242 Å². The summed E-state index contributed by atoms with van der Waals surface area (Å²) in [6.07, 6.45) is -17.6. The molecule has 4 rings (SSSR count). The van der Waals surface area contributed by atoms with Crippen LogP contribution in [-0.2, 0) is 18.6 Å². The van der Waals surface area contributed by atoms with Gasteiger partial charge in [0.25, 0.3) is 0 Å². The van der Waals surface area contributed by atoms with Crippen LogP contribution in [0.4, 0.5) is 48.7 Å². The molecule has 0 N–H and O–H groups in total. The van der Waals surface area contributed by atoms with Crippen LogP contribution < -0.4 is 4.74 Å². The van der Waals surface area contributed by atoms with Crippen molar-refractivity contribution < 1.29 is 53.4 Å². The summed E-state index contributed by atoms with van der Waals surface area (Å²) in [5.41, 5.74) is -6.60. The van der Waals surface area contributed by atoms with Crippen molar-refractivity contribution in [3.63, 3.8) is 0 Å². The largest absolute Gasteiger partial charge is 0.573 e. The third-order valence-electron chi connectivity index (χ3n) is 6.44. The van der Waals surface area contributed by atoms with Crippen molar-refractivity contribution in [1.82, 2.24) is 9.47 Å². The number of carbonyl (C=O) groups is 1. The standard InChI is InChI=1S/C28H19ClF10N2O2/c29-23-15-19-5-1-2-7-22(19)41(23)24(42)40(13-12-17-4-3-6-21(14-17)43-28(37,38)39)16-18-8-10-20(11-9-18)25(30,26(31,32)33)27(34,35)36/h1-11,14-15H,12-13,16H2. The Balaban J connectivity index is 1.66. The lowest BCUT2D eigenvalue weighted by Gasteiger charge is -2.30. The molecule has 0 saturated carbocycles. The first kappa shape index (κ1) is 32.0. The first-order valence-electron chi connectivity index (χ1n) is 12.2. The Hall–Kier alpha value is -3.94. The normalized spacial score (nSPS) is 12.9. The highest BCUT2D eigenvalue weighted by Gasteiger charge is 2.73. The van der Waals surface area contributed by atoms with Gasteiger partial charge in [-0.05, 0) is 41.8 Å². The topological polar surface area (TPSA) is 34.5 Å². The van der Waals surface area contributed by atoms with E-state index in [-0.39, 0.29) is 23.7 Å². The highest BCUT2D eigenvalue weighted by Crippen LogP contribution is 2.53. The number of carbonyl (C=O) groups excluding carboxylic acids is 1. The molecule has 1 amide bonds. The minimum atomic E-state index is -6.30. The Kier molecular flexibility index (Phi) is 8.65. The molecule has 43 heavy (non-hydrogen) atoms. The van der Waals surface area contributed by atoms with E-state index in [1.165, 1.54) is 18.2 Å². The van der Waals surface area contributed by atoms with E-state index >= 15 is 0 Å². The van der Waals surface area contributed by atoms with Crippen LogP contribution in [0.2, 0.25) is 5.15 Å². The zero-order valence-electron chi connectivity index (χ0n) is 21.5. The number of aromatic nitrogens is 1. The molecule has 3 aromatic carbocycles. The molecule has 0 bridgehead atoms. The molecule has 0 aliphatic heterocycles. The van der Waals surface area contributed by atoms with Gasteiger partial charge in [-0.2, -0.15) is 26.3 Å². The van der Waals surface area contributed by atoms with E-state index in [1.807, 2.05) is 0 Å². The third kappa shape index (κ3) is 6.84. The van der Waals surface area contributed by atoms with Crippen LogP contribution in [0.1, 0.15) is 16.7 Å². The molecule has 0 unspecified atom stereocenters. The van der Waals surface area contributed by atoms with Crippen LogP contribution in [0.25, 0.3) is 10.9 Å². The molecular weight excluding hydrogens is 622 g/mol. The highest BCUT2D eigenvalue weighted by atomic mass is 35.5. The molecule has 1 heterocycles. The van der Waals surface area contributed by atoms with Gasteiger partial charge in [0.1, 0.15) is 10.9 Å². The van der Waals surface area contributed by atoms with Gasteiger partial charge in [-0.15, -0.1) is 13.2 Å². The molecule has 0 radical (unpaired) electrons. The molecule has 0 aliphatic carbocycles.